The molecule has 0 bridgehead atoms. The highest BCUT2D eigenvalue weighted by Crippen LogP contribution is 2.14. The molecule has 0 aliphatic heterocycles. The molecule has 0 unspecified atom stereocenters. The van der Waals surface area contributed by atoms with Crippen LogP contribution in [-0.2, 0) is 11.2 Å². The number of rotatable bonds is 4. The second-order valence-corrected chi connectivity index (χ2v) is 5.63. The quantitative estimate of drug-likeness (QED) is 0.816. The second-order valence-electron chi connectivity index (χ2n) is 5.21. The summed E-state index contributed by atoms with van der Waals surface area (Å²) in [5.74, 6) is 0. The van der Waals surface area contributed by atoms with Crippen molar-refractivity contribution in [1.82, 2.24) is 9.78 Å². The van der Waals surface area contributed by atoms with E-state index in [4.69, 9.17) is 11.6 Å². The van der Waals surface area contributed by atoms with E-state index in [2.05, 4.69) is 11.2 Å². The maximum atomic E-state index is 11.9. The van der Waals surface area contributed by atoms with Gasteiger partial charge in [0, 0.05) is 24.6 Å². The van der Waals surface area contributed by atoms with Crippen molar-refractivity contribution in [2.24, 2.45) is 0 Å². The summed E-state index contributed by atoms with van der Waals surface area (Å²) in [4.78, 5) is 22.8. The molecule has 0 N–H and O–H groups in total. The van der Waals surface area contributed by atoms with Gasteiger partial charge >= 0.3 is 0 Å². The fraction of sp³-hybridized carbons (Fsp3) is 0.312. The molecular weight excluding hydrogens is 288 g/mol. The molecule has 2 aromatic rings. The molecule has 0 saturated carbocycles. The first-order valence-electron chi connectivity index (χ1n) is 6.73. The third-order valence-electron chi connectivity index (χ3n) is 3.19. The maximum Gasteiger partial charge on any atom is 0.222 e. The lowest BCUT2D eigenvalue weighted by atomic mass is 10.1. The van der Waals surface area contributed by atoms with Gasteiger partial charge in [0.25, 0.3) is 0 Å². The van der Waals surface area contributed by atoms with Gasteiger partial charge in [-0.15, -0.1) is 0 Å². The van der Waals surface area contributed by atoms with Crippen molar-refractivity contribution in [2.45, 2.75) is 33.6 Å². The van der Waals surface area contributed by atoms with Gasteiger partial charge in [-0.1, -0.05) is 6.07 Å². The zero-order chi connectivity index (χ0) is 15.6. The highest BCUT2D eigenvalue weighted by Gasteiger charge is 2.09. The fourth-order valence-corrected chi connectivity index (χ4v) is 2.40. The molecule has 0 atom stereocenters. The molecule has 0 spiro atoms. The first-order chi connectivity index (χ1) is 9.86. The van der Waals surface area contributed by atoms with Crippen LogP contribution in [-0.4, -0.2) is 15.0 Å². The van der Waals surface area contributed by atoms with Gasteiger partial charge in [0.1, 0.15) is 5.69 Å². The van der Waals surface area contributed by atoms with Crippen molar-refractivity contribution < 1.29 is 4.79 Å². The fourth-order valence-electron chi connectivity index (χ4n) is 2.31. The number of benzene rings is 1. The molecule has 0 amide bonds. The minimum absolute atomic E-state index is 0.111. The zero-order valence-corrected chi connectivity index (χ0v) is 13.1. The summed E-state index contributed by atoms with van der Waals surface area (Å²) in [6.45, 7) is 5.87. The minimum Gasteiger partial charge on any atom is -0.288 e. The Morgan fingerprint density at radius 3 is 2.33 bits per heavy atom. The van der Waals surface area contributed by atoms with Crippen molar-refractivity contribution in [3.05, 3.63) is 57.0 Å². The smallest absolute Gasteiger partial charge is 0.222 e. The van der Waals surface area contributed by atoms with Gasteiger partial charge in [0.05, 0.1) is 5.69 Å². The van der Waals surface area contributed by atoms with Crippen molar-refractivity contribution >= 4 is 16.8 Å². The number of hydrogen-bond acceptors (Lipinski definition) is 3. The summed E-state index contributed by atoms with van der Waals surface area (Å²) < 4.78 is 1.73. The molecule has 0 aliphatic rings. The Balaban J connectivity index is 2.50. The van der Waals surface area contributed by atoms with E-state index in [0.717, 1.165) is 22.5 Å². The molecule has 110 valence electrons. The first-order valence-corrected chi connectivity index (χ1v) is 7.11. The lowest BCUT2D eigenvalue weighted by Crippen LogP contribution is -2.19. The number of halogens is 1. The van der Waals surface area contributed by atoms with E-state index in [0.29, 0.717) is 5.69 Å². The van der Waals surface area contributed by atoms with E-state index in [1.54, 1.807) is 10.7 Å². The molecule has 1 heterocycles. The molecule has 0 radical (unpaired) electrons. The van der Waals surface area contributed by atoms with Gasteiger partial charge in [-0.2, -0.15) is 5.10 Å². The van der Waals surface area contributed by atoms with E-state index in [9.17, 15) is 9.59 Å². The molecule has 21 heavy (non-hydrogen) atoms. The number of carbonyl (C=O) groups is 1. The zero-order valence-electron chi connectivity index (χ0n) is 12.3. The lowest BCUT2D eigenvalue weighted by Gasteiger charge is -2.12. The Kier molecular flexibility index (Phi) is 4.58. The van der Waals surface area contributed by atoms with Crippen LogP contribution in [0.2, 0.25) is 0 Å². The Bertz CT molecular complexity index is 730. The molecule has 0 aliphatic carbocycles. The highest BCUT2D eigenvalue weighted by atomic mass is 35.5. The van der Waals surface area contributed by atoms with Gasteiger partial charge in [0.15, 0.2) is 0 Å². The SMILES string of the molecule is Cc1cc(C)cc(-n2nc(CCC(=O)Cl)c(=O)cc2C)c1. The third kappa shape index (κ3) is 3.79. The molecule has 4 nitrogen and oxygen atoms in total. The van der Waals surface area contributed by atoms with Crippen molar-refractivity contribution in [2.75, 3.05) is 0 Å². The van der Waals surface area contributed by atoms with Crippen LogP contribution >= 0.6 is 11.6 Å². The normalized spacial score (nSPS) is 10.7. The number of nitrogens with zero attached hydrogens (tertiary/aromatic N) is 2. The van der Waals surface area contributed by atoms with Gasteiger partial charge in [0.2, 0.25) is 10.7 Å². The van der Waals surface area contributed by atoms with E-state index >= 15 is 0 Å². The van der Waals surface area contributed by atoms with E-state index < -0.39 is 5.24 Å². The average Bonchev–Trinajstić information content (AvgIpc) is 2.36. The summed E-state index contributed by atoms with van der Waals surface area (Å²) in [6, 6.07) is 7.63. The van der Waals surface area contributed by atoms with Gasteiger partial charge in [-0.25, -0.2) is 4.68 Å². The predicted octanol–water partition coefficient (Wildman–Crippen LogP) is 2.86. The Morgan fingerprint density at radius 2 is 1.76 bits per heavy atom. The molecule has 5 heteroatoms. The summed E-state index contributed by atoms with van der Waals surface area (Å²) in [7, 11) is 0. The first kappa shape index (κ1) is 15.4. The van der Waals surface area contributed by atoms with Crippen molar-refractivity contribution in [3.8, 4) is 5.69 Å². The topological polar surface area (TPSA) is 52.0 Å². The summed E-state index contributed by atoms with van der Waals surface area (Å²) >= 11 is 5.33. The van der Waals surface area contributed by atoms with Gasteiger partial charge in [-0.3, -0.25) is 9.59 Å². The molecule has 0 fully saturated rings. The summed E-state index contributed by atoms with van der Waals surface area (Å²) in [5.41, 5.74) is 4.11. The van der Waals surface area contributed by atoms with Crippen LogP contribution in [0.25, 0.3) is 5.69 Å². The van der Waals surface area contributed by atoms with Crippen LogP contribution in [0.5, 0.6) is 0 Å². The minimum atomic E-state index is -0.463. The summed E-state index contributed by atoms with van der Waals surface area (Å²) in [5, 5.41) is 3.93. The molecule has 1 aromatic heterocycles. The Morgan fingerprint density at radius 1 is 1.14 bits per heavy atom. The number of aromatic nitrogens is 2. The van der Waals surface area contributed by atoms with Crippen molar-refractivity contribution in [3.63, 3.8) is 0 Å². The van der Waals surface area contributed by atoms with Gasteiger partial charge in [-0.05, 0) is 55.6 Å². The van der Waals surface area contributed by atoms with Crippen LogP contribution in [0.15, 0.2) is 29.1 Å². The van der Waals surface area contributed by atoms with Gasteiger partial charge < -0.3 is 0 Å². The number of carbonyl (C=O) groups excluding carboxylic acids is 1. The average molecular weight is 305 g/mol. The third-order valence-corrected chi connectivity index (χ3v) is 3.38. The highest BCUT2D eigenvalue weighted by molar-refractivity contribution is 6.63. The van der Waals surface area contributed by atoms with E-state index in [1.807, 2.05) is 32.9 Å². The lowest BCUT2D eigenvalue weighted by molar-refractivity contribution is -0.111. The summed E-state index contributed by atoms with van der Waals surface area (Å²) in [6.07, 6.45) is 0.367. The van der Waals surface area contributed by atoms with Crippen LogP contribution in [0.1, 0.15) is 28.9 Å². The van der Waals surface area contributed by atoms with E-state index in [1.165, 1.54) is 0 Å². The Labute approximate surface area is 128 Å². The van der Waals surface area contributed by atoms with Crippen LogP contribution in [0.3, 0.4) is 0 Å². The number of hydrogen-bond donors (Lipinski definition) is 0. The maximum absolute atomic E-state index is 11.9. The standard InChI is InChI=1S/C16H17ClN2O2/c1-10-6-11(2)8-13(7-10)19-12(3)9-15(20)14(18-19)4-5-16(17)21/h6-9H,4-5H2,1-3H3. The molecule has 0 saturated heterocycles. The molecule has 1 aromatic carbocycles. The largest absolute Gasteiger partial charge is 0.288 e. The van der Waals surface area contributed by atoms with E-state index in [-0.39, 0.29) is 18.3 Å². The molecule has 2 rings (SSSR count). The predicted molar refractivity (Wildman–Crippen MR) is 83.2 cm³/mol. The Hall–Kier alpha value is -1.94. The van der Waals surface area contributed by atoms with Crippen LogP contribution in [0.4, 0.5) is 0 Å². The van der Waals surface area contributed by atoms with Crippen LogP contribution in [0, 0.1) is 20.8 Å². The monoisotopic (exact) mass is 304 g/mol. The molecular formula is C16H17ClN2O2. The second kappa shape index (κ2) is 6.22. The van der Waals surface area contributed by atoms with Crippen LogP contribution < -0.4 is 5.43 Å². The number of aryl methyl sites for hydroxylation is 4. The van der Waals surface area contributed by atoms with Crippen molar-refractivity contribution in [1.29, 1.82) is 0 Å².